The van der Waals surface area contributed by atoms with Crippen LogP contribution in [0.1, 0.15) is 5.56 Å². The molecular weight excluding hydrogens is 378 g/mol. The summed E-state index contributed by atoms with van der Waals surface area (Å²) < 4.78 is 6.07. The first-order valence-corrected chi connectivity index (χ1v) is 8.88. The van der Waals surface area contributed by atoms with Crippen LogP contribution in [0, 0.1) is 21.4 Å². The van der Waals surface area contributed by atoms with Gasteiger partial charge in [-0.3, -0.25) is 24.3 Å². The highest BCUT2D eigenvalue weighted by Gasteiger charge is 2.23. The molecule has 1 aliphatic heterocycles. The summed E-state index contributed by atoms with van der Waals surface area (Å²) in [5, 5.41) is 20.0. The SMILES string of the molecule is COc1ccc(N2CCN(C(=O)Cn3cc([N+](=O)[O-])cc(C#N)c3=O)CC2)cc1. The molecule has 0 atom stereocenters. The van der Waals surface area contributed by atoms with Crippen LogP contribution in [-0.2, 0) is 11.3 Å². The maximum Gasteiger partial charge on any atom is 0.287 e. The molecule has 1 aromatic heterocycles. The third-order valence-corrected chi connectivity index (χ3v) is 4.78. The molecule has 150 valence electrons. The number of nitriles is 1. The van der Waals surface area contributed by atoms with Crippen LogP contribution in [0.15, 0.2) is 41.3 Å². The number of piperazine rings is 1. The number of benzene rings is 1. The third-order valence-electron chi connectivity index (χ3n) is 4.78. The number of amides is 1. The molecule has 10 heteroatoms. The number of pyridine rings is 1. The van der Waals surface area contributed by atoms with Gasteiger partial charge in [0.1, 0.15) is 23.9 Å². The van der Waals surface area contributed by atoms with E-state index in [1.807, 2.05) is 24.3 Å². The average Bonchev–Trinajstić information content (AvgIpc) is 2.75. The van der Waals surface area contributed by atoms with Gasteiger partial charge in [-0.1, -0.05) is 0 Å². The Morgan fingerprint density at radius 3 is 2.45 bits per heavy atom. The highest BCUT2D eigenvalue weighted by molar-refractivity contribution is 5.76. The second kappa shape index (κ2) is 8.43. The number of hydrogen-bond acceptors (Lipinski definition) is 7. The van der Waals surface area contributed by atoms with E-state index >= 15 is 0 Å². The van der Waals surface area contributed by atoms with E-state index < -0.39 is 16.2 Å². The number of nitro groups is 1. The molecule has 0 bridgehead atoms. The van der Waals surface area contributed by atoms with Crippen molar-refractivity contribution in [1.29, 1.82) is 5.26 Å². The molecule has 1 saturated heterocycles. The van der Waals surface area contributed by atoms with Gasteiger partial charge in [-0.25, -0.2) is 0 Å². The molecule has 1 amide bonds. The Hall–Kier alpha value is -3.87. The van der Waals surface area contributed by atoms with Gasteiger partial charge in [-0.15, -0.1) is 0 Å². The van der Waals surface area contributed by atoms with Crippen LogP contribution < -0.4 is 15.2 Å². The van der Waals surface area contributed by atoms with Crippen molar-refractivity contribution in [1.82, 2.24) is 9.47 Å². The number of rotatable bonds is 5. The molecule has 0 spiro atoms. The number of hydrogen-bond donors (Lipinski definition) is 0. The molecule has 0 radical (unpaired) electrons. The largest absolute Gasteiger partial charge is 0.497 e. The van der Waals surface area contributed by atoms with Crippen molar-refractivity contribution in [2.75, 3.05) is 38.2 Å². The standard InChI is InChI=1S/C19H19N5O5/c1-29-17-4-2-15(3-5-17)21-6-8-22(9-7-21)18(25)13-23-12-16(24(27)28)10-14(11-20)19(23)26/h2-5,10,12H,6-9,13H2,1H3. The summed E-state index contributed by atoms with van der Waals surface area (Å²) in [4.78, 5) is 38.9. The normalized spacial score (nSPS) is 13.7. The summed E-state index contributed by atoms with van der Waals surface area (Å²) in [5.41, 5.74) is -0.468. The Kier molecular flexibility index (Phi) is 5.78. The van der Waals surface area contributed by atoms with E-state index in [4.69, 9.17) is 10.00 Å². The fraction of sp³-hybridized carbons (Fsp3) is 0.316. The lowest BCUT2D eigenvalue weighted by molar-refractivity contribution is -0.385. The fourth-order valence-electron chi connectivity index (χ4n) is 3.17. The first kappa shape index (κ1) is 19.9. The van der Waals surface area contributed by atoms with Crippen molar-refractivity contribution < 1.29 is 14.5 Å². The lowest BCUT2D eigenvalue weighted by atomic mass is 10.2. The van der Waals surface area contributed by atoms with Gasteiger partial charge < -0.3 is 14.5 Å². The molecule has 10 nitrogen and oxygen atoms in total. The van der Waals surface area contributed by atoms with Crippen molar-refractivity contribution >= 4 is 17.3 Å². The van der Waals surface area contributed by atoms with E-state index in [0.717, 1.165) is 28.3 Å². The maximum absolute atomic E-state index is 12.6. The van der Waals surface area contributed by atoms with Gasteiger partial charge >= 0.3 is 0 Å². The van der Waals surface area contributed by atoms with Gasteiger partial charge in [-0.05, 0) is 24.3 Å². The van der Waals surface area contributed by atoms with Crippen LogP contribution in [-0.4, -0.2) is 53.6 Å². The summed E-state index contributed by atoms with van der Waals surface area (Å²) in [6.07, 6.45) is 0.995. The van der Waals surface area contributed by atoms with Crippen LogP contribution in [0.25, 0.3) is 0 Å². The first-order valence-electron chi connectivity index (χ1n) is 8.88. The maximum atomic E-state index is 12.6. The number of anilines is 1. The molecular formula is C19H19N5O5. The van der Waals surface area contributed by atoms with Gasteiger partial charge in [0.25, 0.3) is 11.2 Å². The Labute approximate surface area is 166 Å². The minimum atomic E-state index is -0.719. The lowest BCUT2D eigenvalue weighted by Crippen LogP contribution is -2.50. The van der Waals surface area contributed by atoms with Gasteiger partial charge in [0, 0.05) is 37.9 Å². The van der Waals surface area contributed by atoms with Crippen molar-refractivity contribution in [3.05, 3.63) is 62.6 Å². The van der Waals surface area contributed by atoms with Crippen LogP contribution in [0.3, 0.4) is 0 Å². The number of nitrogens with zero attached hydrogens (tertiary/aromatic N) is 5. The Morgan fingerprint density at radius 2 is 1.90 bits per heavy atom. The van der Waals surface area contributed by atoms with Crippen molar-refractivity contribution in [2.24, 2.45) is 0 Å². The van der Waals surface area contributed by atoms with E-state index in [0.29, 0.717) is 26.2 Å². The van der Waals surface area contributed by atoms with E-state index in [1.165, 1.54) is 0 Å². The number of ether oxygens (including phenoxy) is 1. The van der Waals surface area contributed by atoms with Crippen LogP contribution in [0.2, 0.25) is 0 Å². The van der Waals surface area contributed by atoms with E-state index in [1.54, 1.807) is 18.1 Å². The molecule has 0 aliphatic carbocycles. The zero-order chi connectivity index (χ0) is 21.0. The second-order valence-electron chi connectivity index (χ2n) is 6.48. The minimum absolute atomic E-state index is 0.328. The van der Waals surface area contributed by atoms with E-state index in [-0.39, 0.29) is 18.0 Å². The summed E-state index contributed by atoms with van der Waals surface area (Å²) in [5.74, 6) is 0.438. The molecule has 2 heterocycles. The molecule has 3 rings (SSSR count). The fourth-order valence-corrected chi connectivity index (χ4v) is 3.17. The summed E-state index contributed by atoms with van der Waals surface area (Å²) in [7, 11) is 1.60. The molecule has 1 fully saturated rings. The molecule has 29 heavy (non-hydrogen) atoms. The Balaban J connectivity index is 1.67. The van der Waals surface area contributed by atoms with Crippen LogP contribution >= 0.6 is 0 Å². The van der Waals surface area contributed by atoms with Gasteiger partial charge in [0.05, 0.1) is 18.2 Å². The number of methoxy groups -OCH3 is 1. The topological polar surface area (TPSA) is 122 Å². The summed E-state index contributed by atoms with van der Waals surface area (Å²) in [6, 6.07) is 10.2. The monoisotopic (exact) mass is 397 g/mol. The molecule has 2 aromatic rings. The predicted octanol–water partition coefficient (Wildman–Crippen LogP) is 0.986. The average molecular weight is 397 g/mol. The number of carbonyl (C=O) groups excluding carboxylic acids is 1. The van der Waals surface area contributed by atoms with Crippen LogP contribution in [0.5, 0.6) is 5.75 Å². The van der Waals surface area contributed by atoms with Gasteiger partial charge in [0.2, 0.25) is 5.91 Å². The zero-order valence-corrected chi connectivity index (χ0v) is 15.8. The number of carbonyl (C=O) groups is 1. The Morgan fingerprint density at radius 1 is 1.24 bits per heavy atom. The Bertz CT molecular complexity index is 1020. The quantitative estimate of drug-likeness (QED) is 0.544. The molecule has 1 aliphatic rings. The van der Waals surface area contributed by atoms with E-state index in [9.17, 15) is 19.7 Å². The van der Waals surface area contributed by atoms with E-state index in [2.05, 4.69) is 4.90 Å². The van der Waals surface area contributed by atoms with Crippen molar-refractivity contribution in [3.8, 4) is 11.8 Å². The summed E-state index contributed by atoms with van der Waals surface area (Å²) >= 11 is 0. The third kappa shape index (κ3) is 4.35. The lowest BCUT2D eigenvalue weighted by Gasteiger charge is -2.36. The first-order chi connectivity index (χ1) is 13.9. The molecule has 1 aromatic carbocycles. The second-order valence-corrected chi connectivity index (χ2v) is 6.48. The van der Waals surface area contributed by atoms with Crippen molar-refractivity contribution in [3.63, 3.8) is 0 Å². The van der Waals surface area contributed by atoms with Gasteiger partial charge in [-0.2, -0.15) is 5.26 Å². The predicted molar refractivity (Wildman–Crippen MR) is 104 cm³/mol. The highest BCUT2D eigenvalue weighted by atomic mass is 16.6. The molecule has 0 N–H and O–H groups in total. The zero-order valence-electron chi connectivity index (χ0n) is 15.8. The molecule has 0 unspecified atom stereocenters. The number of aromatic nitrogens is 1. The highest BCUT2D eigenvalue weighted by Crippen LogP contribution is 2.20. The van der Waals surface area contributed by atoms with Crippen LogP contribution in [0.4, 0.5) is 11.4 Å². The molecule has 0 saturated carbocycles. The minimum Gasteiger partial charge on any atom is -0.497 e. The summed E-state index contributed by atoms with van der Waals surface area (Å²) in [6.45, 7) is 1.80. The van der Waals surface area contributed by atoms with Crippen molar-refractivity contribution in [2.45, 2.75) is 6.54 Å². The van der Waals surface area contributed by atoms with Gasteiger partial charge in [0.15, 0.2) is 0 Å². The smallest absolute Gasteiger partial charge is 0.287 e.